The van der Waals surface area contributed by atoms with Crippen molar-refractivity contribution < 1.29 is 21.9 Å². The van der Waals surface area contributed by atoms with E-state index in [9.17, 15) is 12.8 Å². The Morgan fingerprint density at radius 3 is 2.79 bits per heavy atom. The van der Waals surface area contributed by atoms with E-state index in [1.54, 1.807) is 6.07 Å². The minimum absolute atomic E-state index is 0.180. The standard InChI is InChI=1S/C20H14F2N8O3S/c1-33-20-13-7-11(8-24-19(13)26-27-20)16-10-30(29-25-16)18-14(21)4-5-15(17(18)22)28-34(31,32)12-3-2-6-23-9-12/h2-10,28H,1H3,(H,24,26,27). The third kappa shape index (κ3) is 3.69. The summed E-state index contributed by atoms with van der Waals surface area (Å²) in [7, 11) is -2.70. The molecule has 172 valence electrons. The number of aromatic nitrogens is 7. The van der Waals surface area contributed by atoms with Crippen molar-refractivity contribution in [2.24, 2.45) is 0 Å². The van der Waals surface area contributed by atoms with E-state index in [0.29, 0.717) is 22.5 Å². The number of nitrogens with one attached hydrogen (secondary N) is 2. The van der Waals surface area contributed by atoms with Gasteiger partial charge in [-0.2, -0.15) is 0 Å². The van der Waals surface area contributed by atoms with Gasteiger partial charge in [-0.25, -0.2) is 26.9 Å². The molecule has 1 aromatic carbocycles. The molecule has 11 nitrogen and oxygen atoms in total. The molecule has 0 aliphatic rings. The first-order valence-electron chi connectivity index (χ1n) is 9.59. The first-order chi connectivity index (χ1) is 16.4. The predicted octanol–water partition coefficient (Wildman–Crippen LogP) is 2.69. The molecule has 5 aromatic rings. The minimum Gasteiger partial charge on any atom is -0.479 e. The lowest BCUT2D eigenvalue weighted by molar-refractivity contribution is 0.401. The Labute approximate surface area is 190 Å². The van der Waals surface area contributed by atoms with E-state index >= 15 is 4.39 Å². The number of aromatic amines is 1. The summed E-state index contributed by atoms with van der Waals surface area (Å²) in [6.07, 6.45) is 5.28. The SMILES string of the molecule is COc1n[nH]c2ncc(-c3cn(-c4c(F)ccc(NS(=O)(=O)c5cccnc5)c4F)nn3)cc12. The number of hydrogen-bond donors (Lipinski definition) is 2. The Balaban J connectivity index is 1.52. The van der Waals surface area contributed by atoms with Gasteiger partial charge in [-0.05, 0) is 30.3 Å². The Morgan fingerprint density at radius 1 is 1.18 bits per heavy atom. The molecule has 0 saturated heterocycles. The zero-order chi connectivity index (χ0) is 23.9. The van der Waals surface area contributed by atoms with Crippen molar-refractivity contribution >= 4 is 26.7 Å². The highest BCUT2D eigenvalue weighted by Gasteiger charge is 2.22. The van der Waals surface area contributed by atoms with Crippen LogP contribution in [0.4, 0.5) is 14.5 Å². The van der Waals surface area contributed by atoms with Crippen molar-refractivity contribution in [1.29, 1.82) is 0 Å². The number of rotatable bonds is 6. The van der Waals surface area contributed by atoms with Gasteiger partial charge in [0.15, 0.2) is 17.3 Å². The van der Waals surface area contributed by atoms with Crippen molar-refractivity contribution in [2.45, 2.75) is 4.90 Å². The van der Waals surface area contributed by atoms with E-state index < -0.39 is 33.0 Å². The number of ether oxygens (including phenoxy) is 1. The molecule has 0 unspecified atom stereocenters. The third-order valence-corrected chi connectivity index (χ3v) is 6.20. The Bertz CT molecular complexity index is 1620. The number of anilines is 1. The summed E-state index contributed by atoms with van der Waals surface area (Å²) in [6.45, 7) is 0. The van der Waals surface area contributed by atoms with Gasteiger partial charge < -0.3 is 4.74 Å². The van der Waals surface area contributed by atoms with Gasteiger partial charge in [0.05, 0.1) is 24.4 Å². The van der Waals surface area contributed by atoms with Crippen LogP contribution in [0.15, 0.2) is 60.0 Å². The number of benzene rings is 1. The van der Waals surface area contributed by atoms with Crippen LogP contribution in [0.2, 0.25) is 0 Å². The molecule has 0 radical (unpaired) electrons. The molecule has 0 atom stereocenters. The summed E-state index contributed by atoms with van der Waals surface area (Å²) in [5.74, 6) is -1.82. The monoisotopic (exact) mass is 484 g/mol. The van der Waals surface area contributed by atoms with Crippen LogP contribution in [0.25, 0.3) is 28.0 Å². The van der Waals surface area contributed by atoms with E-state index in [1.807, 2.05) is 0 Å². The summed E-state index contributed by atoms with van der Waals surface area (Å²) in [6, 6.07) is 6.29. The normalized spacial score (nSPS) is 11.6. The Kier molecular flexibility index (Phi) is 5.13. The zero-order valence-electron chi connectivity index (χ0n) is 17.3. The summed E-state index contributed by atoms with van der Waals surface area (Å²) >= 11 is 0. The van der Waals surface area contributed by atoms with Gasteiger partial charge in [0.25, 0.3) is 10.0 Å². The number of halogens is 2. The molecule has 34 heavy (non-hydrogen) atoms. The van der Waals surface area contributed by atoms with Crippen molar-refractivity contribution in [2.75, 3.05) is 11.8 Å². The number of fused-ring (bicyclic) bond motifs is 1. The predicted molar refractivity (Wildman–Crippen MR) is 116 cm³/mol. The highest BCUT2D eigenvalue weighted by Crippen LogP contribution is 2.29. The van der Waals surface area contributed by atoms with Crippen LogP contribution >= 0.6 is 0 Å². The number of methoxy groups -OCH3 is 1. The summed E-state index contributed by atoms with van der Waals surface area (Å²) in [5.41, 5.74) is 0.160. The lowest BCUT2D eigenvalue weighted by Crippen LogP contribution is -2.15. The Morgan fingerprint density at radius 2 is 2.03 bits per heavy atom. The molecule has 2 N–H and O–H groups in total. The van der Waals surface area contributed by atoms with Gasteiger partial charge in [-0.1, -0.05) is 5.21 Å². The van der Waals surface area contributed by atoms with Gasteiger partial charge in [0.2, 0.25) is 5.88 Å². The molecule has 4 aromatic heterocycles. The van der Waals surface area contributed by atoms with Gasteiger partial charge in [-0.15, -0.1) is 10.2 Å². The maximum atomic E-state index is 15.2. The first kappa shape index (κ1) is 21.4. The first-order valence-corrected chi connectivity index (χ1v) is 11.1. The number of sulfonamides is 1. The fraction of sp³-hybridized carbons (Fsp3) is 0.0500. The van der Waals surface area contributed by atoms with Gasteiger partial charge >= 0.3 is 0 Å². The lowest BCUT2D eigenvalue weighted by atomic mass is 10.2. The maximum Gasteiger partial charge on any atom is 0.263 e. The number of H-pyrrole nitrogens is 1. The zero-order valence-corrected chi connectivity index (χ0v) is 18.1. The number of pyridine rings is 2. The maximum absolute atomic E-state index is 15.2. The van der Waals surface area contributed by atoms with E-state index in [0.717, 1.165) is 23.0 Å². The molecule has 4 heterocycles. The van der Waals surface area contributed by atoms with E-state index in [-0.39, 0.29) is 10.6 Å². The summed E-state index contributed by atoms with van der Waals surface area (Å²) in [4.78, 5) is 7.78. The molecule has 0 fully saturated rings. The second kappa shape index (κ2) is 8.15. The molecule has 14 heteroatoms. The van der Waals surface area contributed by atoms with Crippen LogP contribution < -0.4 is 9.46 Å². The van der Waals surface area contributed by atoms with Crippen LogP contribution in [-0.2, 0) is 10.0 Å². The van der Waals surface area contributed by atoms with Crippen LogP contribution in [0, 0.1) is 11.6 Å². The van der Waals surface area contributed by atoms with Crippen molar-refractivity contribution in [1.82, 2.24) is 35.2 Å². The molecule has 0 saturated carbocycles. The van der Waals surface area contributed by atoms with Gasteiger partial charge in [0, 0.05) is 24.2 Å². The number of nitrogens with zero attached hydrogens (tertiary/aromatic N) is 6. The van der Waals surface area contributed by atoms with Gasteiger partial charge in [0.1, 0.15) is 16.3 Å². The fourth-order valence-electron chi connectivity index (χ4n) is 3.22. The third-order valence-electron chi connectivity index (χ3n) is 4.85. The minimum atomic E-state index is -4.16. The molecular weight excluding hydrogens is 470 g/mol. The quantitative estimate of drug-likeness (QED) is 0.375. The van der Waals surface area contributed by atoms with Crippen molar-refractivity contribution in [3.63, 3.8) is 0 Å². The smallest absolute Gasteiger partial charge is 0.263 e. The molecule has 0 aliphatic heterocycles. The summed E-state index contributed by atoms with van der Waals surface area (Å²) in [5, 5.41) is 15.0. The molecule has 0 bridgehead atoms. The second-order valence-electron chi connectivity index (χ2n) is 6.95. The van der Waals surface area contributed by atoms with E-state index in [1.165, 1.54) is 37.8 Å². The van der Waals surface area contributed by atoms with Crippen LogP contribution in [-0.4, -0.2) is 50.7 Å². The highest BCUT2D eigenvalue weighted by atomic mass is 32.2. The lowest BCUT2D eigenvalue weighted by Gasteiger charge is -2.11. The van der Waals surface area contributed by atoms with Crippen LogP contribution in [0.5, 0.6) is 5.88 Å². The molecule has 0 spiro atoms. The average Bonchev–Trinajstić information content (AvgIpc) is 3.48. The topological polar surface area (TPSA) is 141 Å². The largest absolute Gasteiger partial charge is 0.479 e. The molecular formula is C20H14F2N8O3S. The average molecular weight is 484 g/mol. The fourth-order valence-corrected chi connectivity index (χ4v) is 4.24. The Hall–Kier alpha value is -4.46. The van der Waals surface area contributed by atoms with E-state index in [4.69, 9.17) is 4.74 Å². The van der Waals surface area contributed by atoms with Crippen molar-refractivity contribution in [3.05, 3.63) is 66.8 Å². The molecule has 5 rings (SSSR count). The van der Waals surface area contributed by atoms with Crippen LogP contribution in [0.3, 0.4) is 0 Å². The number of hydrogen-bond acceptors (Lipinski definition) is 8. The second-order valence-corrected chi connectivity index (χ2v) is 8.64. The molecule has 0 aliphatic carbocycles. The van der Waals surface area contributed by atoms with Crippen molar-refractivity contribution in [3.8, 4) is 22.8 Å². The van der Waals surface area contributed by atoms with Gasteiger partial charge in [-0.3, -0.25) is 14.8 Å². The highest BCUT2D eigenvalue weighted by molar-refractivity contribution is 7.92. The summed E-state index contributed by atoms with van der Waals surface area (Å²) < 4.78 is 63.0. The van der Waals surface area contributed by atoms with E-state index in [2.05, 4.69) is 35.2 Å². The van der Waals surface area contributed by atoms with Crippen LogP contribution in [0.1, 0.15) is 0 Å². The molecule has 0 amide bonds.